The van der Waals surface area contributed by atoms with Crippen molar-refractivity contribution >= 4 is 11.8 Å². The first-order valence-corrected chi connectivity index (χ1v) is 16.6. The number of carbonyl (C=O) groups excluding carboxylic acids is 2. The lowest BCUT2D eigenvalue weighted by Crippen LogP contribution is -2.28. The van der Waals surface area contributed by atoms with Gasteiger partial charge in [-0.25, -0.2) is 0 Å². The predicted octanol–water partition coefficient (Wildman–Crippen LogP) is 10.2. The van der Waals surface area contributed by atoms with E-state index in [1.807, 2.05) is 0 Å². The van der Waals surface area contributed by atoms with Crippen molar-refractivity contribution in [2.45, 2.75) is 188 Å². The number of ether oxygens (including phenoxy) is 2. The van der Waals surface area contributed by atoms with Crippen molar-refractivity contribution in [3.63, 3.8) is 0 Å². The summed E-state index contributed by atoms with van der Waals surface area (Å²) in [5.74, 6) is 1.23. The molecule has 38 heavy (non-hydrogen) atoms. The van der Waals surface area contributed by atoms with Gasteiger partial charge in [-0.15, -0.1) is 0 Å². The first-order chi connectivity index (χ1) is 18.3. The molecule has 0 aromatic rings. The molecular weight excluding hydrogens is 472 g/mol. The third kappa shape index (κ3) is 18.4. The number of carbonyl (C=O) groups is 2. The Balaban J connectivity index is 2.15. The Kier molecular flexibility index (Phi) is 20.2. The highest BCUT2D eigenvalue weighted by molar-refractivity contribution is 5.83. The molecule has 1 aliphatic rings. The Labute approximate surface area is 236 Å². The minimum atomic E-state index is -0.109. The van der Waals surface area contributed by atoms with E-state index in [1.165, 1.54) is 64.2 Å². The van der Waals surface area contributed by atoms with Crippen LogP contribution in [0.4, 0.5) is 0 Å². The number of hydrogen-bond acceptors (Lipinski definition) is 4. The molecule has 0 bridgehead atoms. The van der Waals surface area contributed by atoms with Gasteiger partial charge in [0.15, 0.2) is 0 Å². The summed E-state index contributed by atoms with van der Waals surface area (Å²) in [5.41, 5.74) is -0.109. The second-order valence-corrected chi connectivity index (χ2v) is 12.9. The predicted molar refractivity (Wildman–Crippen MR) is 160 cm³/mol. The molecule has 1 unspecified atom stereocenters. The summed E-state index contributed by atoms with van der Waals surface area (Å²) in [6, 6.07) is 0. The van der Waals surface area contributed by atoms with Gasteiger partial charge in [0.05, 0.1) is 18.3 Å². The molecule has 4 nitrogen and oxygen atoms in total. The largest absolute Gasteiger partial charge is 0.466 e. The Morgan fingerprint density at radius 3 is 2.08 bits per heavy atom. The minimum absolute atomic E-state index is 0.0371. The summed E-state index contributed by atoms with van der Waals surface area (Å²) in [6.07, 6.45) is 25.0. The van der Waals surface area contributed by atoms with Crippen LogP contribution in [0.2, 0.25) is 0 Å². The van der Waals surface area contributed by atoms with Gasteiger partial charge >= 0.3 is 5.97 Å². The first-order valence-electron chi connectivity index (χ1n) is 16.6. The molecule has 0 heterocycles. The van der Waals surface area contributed by atoms with Crippen molar-refractivity contribution in [1.29, 1.82) is 0 Å². The normalized spacial score (nSPS) is 18.7. The fraction of sp³-hybridized carbons (Fsp3) is 0.941. The maximum absolute atomic E-state index is 12.6. The molecule has 4 heteroatoms. The van der Waals surface area contributed by atoms with Crippen LogP contribution in [-0.4, -0.2) is 30.1 Å². The summed E-state index contributed by atoms with van der Waals surface area (Å²) >= 11 is 0. The van der Waals surface area contributed by atoms with E-state index < -0.39 is 0 Å². The van der Waals surface area contributed by atoms with Crippen LogP contribution in [0.1, 0.15) is 176 Å². The molecule has 0 aromatic carbocycles. The third-order valence-electron chi connectivity index (χ3n) is 8.16. The van der Waals surface area contributed by atoms with Crippen molar-refractivity contribution < 1.29 is 19.1 Å². The van der Waals surface area contributed by atoms with Crippen LogP contribution < -0.4 is 0 Å². The van der Waals surface area contributed by atoms with Gasteiger partial charge in [0.25, 0.3) is 0 Å². The van der Waals surface area contributed by atoms with Crippen molar-refractivity contribution in [1.82, 2.24) is 0 Å². The highest BCUT2D eigenvalue weighted by Crippen LogP contribution is 2.37. The molecule has 3 atom stereocenters. The third-order valence-corrected chi connectivity index (χ3v) is 8.16. The molecule has 1 fully saturated rings. The summed E-state index contributed by atoms with van der Waals surface area (Å²) in [6.45, 7) is 11.5. The van der Waals surface area contributed by atoms with Gasteiger partial charge < -0.3 is 9.47 Å². The van der Waals surface area contributed by atoms with Crippen LogP contribution in [0.25, 0.3) is 0 Å². The minimum Gasteiger partial charge on any atom is -0.466 e. The van der Waals surface area contributed by atoms with Gasteiger partial charge in [-0.3, -0.25) is 9.59 Å². The lowest BCUT2D eigenvalue weighted by Gasteiger charge is -2.29. The molecule has 1 rings (SSSR count). The van der Waals surface area contributed by atoms with Gasteiger partial charge in [0.1, 0.15) is 5.78 Å². The molecule has 0 aromatic heterocycles. The maximum Gasteiger partial charge on any atom is 0.305 e. The summed E-state index contributed by atoms with van der Waals surface area (Å²) < 4.78 is 11.8. The number of unbranched alkanes of at least 4 members (excludes halogenated alkanes) is 12. The Hall–Kier alpha value is -0.900. The molecule has 0 saturated heterocycles. The SMILES string of the molecule is CCCCCCCCCCOC(=O)CCCCCC[C@H]1C(=O)CC[C@@H]1CCC(CCCCC)OC(C)(C)C. The molecule has 0 amide bonds. The second kappa shape index (κ2) is 21.9. The van der Waals surface area contributed by atoms with Gasteiger partial charge in [-0.05, 0) is 71.6 Å². The maximum atomic E-state index is 12.6. The van der Waals surface area contributed by atoms with Crippen molar-refractivity contribution in [2.75, 3.05) is 6.61 Å². The van der Waals surface area contributed by atoms with Gasteiger partial charge in [0, 0.05) is 18.8 Å². The zero-order chi connectivity index (χ0) is 28.1. The van der Waals surface area contributed by atoms with E-state index >= 15 is 0 Å². The van der Waals surface area contributed by atoms with Crippen molar-refractivity contribution in [2.24, 2.45) is 11.8 Å². The monoisotopic (exact) mass is 536 g/mol. The number of hydrogen-bond donors (Lipinski definition) is 0. The van der Waals surface area contributed by atoms with Gasteiger partial charge in [-0.1, -0.05) is 97.3 Å². The zero-order valence-corrected chi connectivity index (χ0v) is 26.1. The standard InChI is InChI=1S/C34H64O4/c1-6-8-10-11-12-13-16-20-28-37-33(36)23-19-15-14-18-22-31-29(25-27-32(31)35)24-26-30(21-17-9-7-2)38-34(3,4)5/h29-31H,6-28H2,1-5H3/t29-,30?,31+/m0/s1. The molecule has 0 radical (unpaired) electrons. The average Bonchev–Trinajstić information content (AvgIpc) is 3.21. The van der Waals surface area contributed by atoms with Crippen LogP contribution in [0.3, 0.4) is 0 Å². The van der Waals surface area contributed by atoms with Crippen molar-refractivity contribution in [3.05, 3.63) is 0 Å². The zero-order valence-electron chi connectivity index (χ0n) is 26.1. The van der Waals surface area contributed by atoms with Crippen molar-refractivity contribution in [3.8, 4) is 0 Å². The number of rotatable bonds is 24. The Morgan fingerprint density at radius 2 is 1.39 bits per heavy atom. The number of Topliss-reactive ketones (excluding diaryl/α,β-unsaturated/α-hetero) is 1. The van der Waals surface area contributed by atoms with E-state index in [-0.39, 0.29) is 17.5 Å². The van der Waals surface area contributed by atoms with E-state index in [0.717, 1.165) is 70.6 Å². The lowest BCUT2D eigenvalue weighted by molar-refractivity contribution is -0.143. The average molecular weight is 537 g/mol. The van der Waals surface area contributed by atoms with Gasteiger partial charge in [0.2, 0.25) is 0 Å². The molecule has 0 N–H and O–H groups in total. The van der Waals surface area contributed by atoms with Crippen LogP contribution in [0.15, 0.2) is 0 Å². The molecular formula is C34H64O4. The molecule has 0 spiro atoms. The molecule has 0 aliphatic heterocycles. The fourth-order valence-corrected chi connectivity index (χ4v) is 5.98. The van der Waals surface area contributed by atoms with Crippen LogP contribution >= 0.6 is 0 Å². The second-order valence-electron chi connectivity index (χ2n) is 12.9. The molecule has 224 valence electrons. The topological polar surface area (TPSA) is 52.6 Å². The lowest BCUT2D eigenvalue weighted by atomic mass is 9.85. The van der Waals surface area contributed by atoms with E-state index in [2.05, 4.69) is 34.6 Å². The molecule has 1 aliphatic carbocycles. The number of ketones is 1. The summed E-state index contributed by atoms with van der Waals surface area (Å²) in [4.78, 5) is 24.6. The Bertz CT molecular complexity index is 594. The quantitative estimate of drug-likeness (QED) is 0.0909. The molecule has 1 saturated carbocycles. The van der Waals surface area contributed by atoms with E-state index in [1.54, 1.807) is 0 Å². The number of esters is 1. The smallest absolute Gasteiger partial charge is 0.305 e. The van der Waals surface area contributed by atoms with Crippen LogP contribution in [-0.2, 0) is 19.1 Å². The highest BCUT2D eigenvalue weighted by Gasteiger charge is 2.34. The highest BCUT2D eigenvalue weighted by atomic mass is 16.5. The summed E-state index contributed by atoms with van der Waals surface area (Å²) in [7, 11) is 0. The van der Waals surface area contributed by atoms with Crippen LogP contribution in [0.5, 0.6) is 0 Å². The first kappa shape index (κ1) is 35.1. The van der Waals surface area contributed by atoms with E-state index in [0.29, 0.717) is 30.8 Å². The Morgan fingerprint density at radius 1 is 0.789 bits per heavy atom. The van der Waals surface area contributed by atoms with Gasteiger partial charge in [-0.2, -0.15) is 0 Å². The van der Waals surface area contributed by atoms with E-state index in [4.69, 9.17) is 9.47 Å². The fourth-order valence-electron chi connectivity index (χ4n) is 5.98. The van der Waals surface area contributed by atoms with E-state index in [9.17, 15) is 9.59 Å². The summed E-state index contributed by atoms with van der Waals surface area (Å²) in [5, 5.41) is 0. The van der Waals surface area contributed by atoms with Crippen LogP contribution in [0, 0.1) is 11.8 Å².